The largest absolute Gasteiger partial charge is 0.493 e. The first-order valence-corrected chi connectivity index (χ1v) is 5.62. The fourth-order valence-corrected chi connectivity index (χ4v) is 1.65. The normalized spacial score (nSPS) is 10.1. The van der Waals surface area contributed by atoms with Crippen molar-refractivity contribution < 1.29 is 9.47 Å². The van der Waals surface area contributed by atoms with Crippen molar-refractivity contribution in [3.8, 4) is 11.5 Å². The van der Waals surface area contributed by atoms with E-state index in [1.807, 2.05) is 12.1 Å². The maximum Gasteiger partial charge on any atom is 0.160 e. The van der Waals surface area contributed by atoms with E-state index in [9.17, 15) is 0 Å². The number of alkyl halides is 1. The quantitative estimate of drug-likeness (QED) is 0.550. The van der Waals surface area contributed by atoms with Gasteiger partial charge in [-0.3, -0.25) is 0 Å². The Kier molecular flexibility index (Phi) is 5.33. The van der Waals surface area contributed by atoms with Crippen LogP contribution < -0.4 is 9.47 Å². The summed E-state index contributed by atoms with van der Waals surface area (Å²) >= 11 is 5.63. The van der Waals surface area contributed by atoms with Gasteiger partial charge in [-0.05, 0) is 37.0 Å². The molecule has 0 spiro atoms. The fourth-order valence-electron chi connectivity index (χ4n) is 1.46. The molecule has 0 amide bonds. The number of methoxy groups -OCH3 is 2. The SMILES string of the molecule is COc1ccc(CCCCCl)cc1OC. The van der Waals surface area contributed by atoms with Gasteiger partial charge in [0.05, 0.1) is 14.2 Å². The molecule has 0 unspecified atom stereocenters. The van der Waals surface area contributed by atoms with E-state index < -0.39 is 0 Å². The van der Waals surface area contributed by atoms with Gasteiger partial charge in [0.15, 0.2) is 11.5 Å². The first-order chi connectivity index (χ1) is 7.31. The summed E-state index contributed by atoms with van der Waals surface area (Å²) in [4.78, 5) is 0. The number of benzene rings is 1. The summed E-state index contributed by atoms with van der Waals surface area (Å²) in [5.41, 5.74) is 1.26. The number of hydrogen-bond acceptors (Lipinski definition) is 2. The Bertz CT molecular complexity index is 300. The van der Waals surface area contributed by atoms with Crippen molar-refractivity contribution in [2.24, 2.45) is 0 Å². The minimum atomic E-state index is 0.729. The lowest BCUT2D eigenvalue weighted by molar-refractivity contribution is 0.354. The van der Waals surface area contributed by atoms with E-state index in [1.165, 1.54) is 5.56 Å². The van der Waals surface area contributed by atoms with E-state index in [1.54, 1.807) is 14.2 Å². The zero-order chi connectivity index (χ0) is 11.1. The molecular formula is C12H17ClO2. The Labute approximate surface area is 96.2 Å². The molecule has 0 fully saturated rings. The van der Waals surface area contributed by atoms with Crippen molar-refractivity contribution >= 4 is 11.6 Å². The average molecular weight is 229 g/mol. The van der Waals surface area contributed by atoms with Gasteiger partial charge in [-0.25, -0.2) is 0 Å². The highest BCUT2D eigenvalue weighted by Gasteiger charge is 2.03. The van der Waals surface area contributed by atoms with E-state index in [2.05, 4.69) is 6.07 Å². The van der Waals surface area contributed by atoms with Gasteiger partial charge in [0.25, 0.3) is 0 Å². The Balaban J connectivity index is 2.66. The summed E-state index contributed by atoms with van der Waals surface area (Å²) in [7, 11) is 3.30. The van der Waals surface area contributed by atoms with Crippen molar-refractivity contribution in [2.75, 3.05) is 20.1 Å². The molecule has 1 aromatic rings. The summed E-state index contributed by atoms with van der Waals surface area (Å²) in [6.45, 7) is 0. The van der Waals surface area contributed by atoms with Gasteiger partial charge in [-0.15, -0.1) is 11.6 Å². The van der Waals surface area contributed by atoms with E-state index in [4.69, 9.17) is 21.1 Å². The predicted octanol–water partition coefficient (Wildman–Crippen LogP) is 3.27. The maximum atomic E-state index is 5.63. The van der Waals surface area contributed by atoms with E-state index >= 15 is 0 Å². The molecule has 1 rings (SSSR count). The molecule has 2 nitrogen and oxygen atoms in total. The highest BCUT2D eigenvalue weighted by molar-refractivity contribution is 6.17. The van der Waals surface area contributed by atoms with Gasteiger partial charge in [0, 0.05) is 5.88 Å². The van der Waals surface area contributed by atoms with Gasteiger partial charge in [-0.1, -0.05) is 6.07 Å². The molecule has 0 saturated heterocycles. The van der Waals surface area contributed by atoms with Crippen LogP contribution in [0, 0.1) is 0 Å². The molecule has 0 aliphatic rings. The molecule has 84 valence electrons. The molecule has 0 bridgehead atoms. The zero-order valence-corrected chi connectivity index (χ0v) is 10.0. The van der Waals surface area contributed by atoms with Crippen LogP contribution in [-0.4, -0.2) is 20.1 Å². The molecule has 1 aromatic carbocycles. The Morgan fingerprint density at radius 2 is 1.80 bits per heavy atom. The summed E-state index contributed by atoms with van der Waals surface area (Å²) in [5.74, 6) is 2.30. The second kappa shape index (κ2) is 6.57. The highest BCUT2D eigenvalue weighted by atomic mass is 35.5. The van der Waals surface area contributed by atoms with Crippen LogP contribution in [0.15, 0.2) is 18.2 Å². The van der Waals surface area contributed by atoms with E-state index in [-0.39, 0.29) is 0 Å². The molecule has 0 saturated carbocycles. The van der Waals surface area contributed by atoms with Gasteiger partial charge in [0.2, 0.25) is 0 Å². The molecule has 0 radical (unpaired) electrons. The first kappa shape index (κ1) is 12.2. The second-order valence-electron chi connectivity index (χ2n) is 3.34. The van der Waals surface area contributed by atoms with Crippen LogP contribution in [0.4, 0.5) is 0 Å². The maximum absolute atomic E-state index is 5.63. The molecule has 3 heteroatoms. The summed E-state index contributed by atoms with van der Waals surface area (Å²) in [6, 6.07) is 6.03. The predicted molar refractivity (Wildman–Crippen MR) is 63.2 cm³/mol. The van der Waals surface area contributed by atoms with Crippen LogP contribution in [0.1, 0.15) is 18.4 Å². The third-order valence-corrected chi connectivity index (χ3v) is 2.56. The minimum Gasteiger partial charge on any atom is -0.493 e. The Morgan fingerprint density at radius 3 is 2.40 bits per heavy atom. The molecule has 0 aromatic heterocycles. The molecule has 0 heterocycles. The first-order valence-electron chi connectivity index (χ1n) is 5.08. The zero-order valence-electron chi connectivity index (χ0n) is 9.25. The standard InChI is InChI=1S/C12H17ClO2/c1-14-11-7-6-10(5-3-4-8-13)9-12(11)15-2/h6-7,9H,3-5,8H2,1-2H3. The van der Waals surface area contributed by atoms with Gasteiger partial charge < -0.3 is 9.47 Å². The molecule has 15 heavy (non-hydrogen) atoms. The number of unbranched alkanes of at least 4 members (excludes halogenated alkanes) is 1. The number of aryl methyl sites for hydroxylation is 1. The van der Waals surface area contributed by atoms with Crippen LogP contribution in [0.25, 0.3) is 0 Å². The number of rotatable bonds is 6. The summed E-state index contributed by atoms with van der Waals surface area (Å²) in [5, 5.41) is 0. The van der Waals surface area contributed by atoms with Crippen LogP contribution >= 0.6 is 11.6 Å². The molecule has 0 aliphatic carbocycles. The van der Waals surface area contributed by atoms with Crippen molar-refractivity contribution in [3.05, 3.63) is 23.8 Å². The summed E-state index contributed by atoms with van der Waals surface area (Å²) < 4.78 is 10.4. The van der Waals surface area contributed by atoms with Crippen molar-refractivity contribution in [3.63, 3.8) is 0 Å². The van der Waals surface area contributed by atoms with Crippen LogP contribution in [0.2, 0.25) is 0 Å². The molecule has 0 atom stereocenters. The Morgan fingerprint density at radius 1 is 1.07 bits per heavy atom. The van der Waals surface area contributed by atoms with Gasteiger partial charge in [-0.2, -0.15) is 0 Å². The number of hydrogen-bond donors (Lipinski definition) is 0. The van der Waals surface area contributed by atoms with Gasteiger partial charge >= 0.3 is 0 Å². The topological polar surface area (TPSA) is 18.5 Å². The van der Waals surface area contributed by atoms with Crippen LogP contribution in [0.3, 0.4) is 0 Å². The lowest BCUT2D eigenvalue weighted by Gasteiger charge is -2.09. The molecule has 0 N–H and O–H groups in total. The summed E-state index contributed by atoms with van der Waals surface area (Å²) in [6.07, 6.45) is 3.20. The van der Waals surface area contributed by atoms with Crippen molar-refractivity contribution in [1.82, 2.24) is 0 Å². The fraction of sp³-hybridized carbons (Fsp3) is 0.500. The van der Waals surface area contributed by atoms with E-state index in [0.29, 0.717) is 0 Å². The van der Waals surface area contributed by atoms with Crippen molar-refractivity contribution in [2.45, 2.75) is 19.3 Å². The second-order valence-corrected chi connectivity index (χ2v) is 3.71. The third-order valence-electron chi connectivity index (χ3n) is 2.30. The average Bonchev–Trinajstić information content (AvgIpc) is 2.29. The molecular weight excluding hydrogens is 212 g/mol. The monoisotopic (exact) mass is 228 g/mol. The number of ether oxygens (including phenoxy) is 2. The third kappa shape index (κ3) is 3.63. The van der Waals surface area contributed by atoms with E-state index in [0.717, 1.165) is 36.6 Å². The lowest BCUT2D eigenvalue weighted by atomic mass is 10.1. The lowest BCUT2D eigenvalue weighted by Crippen LogP contribution is -1.93. The Hall–Kier alpha value is -0.890. The van der Waals surface area contributed by atoms with Crippen LogP contribution in [0.5, 0.6) is 11.5 Å². The minimum absolute atomic E-state index is 0.729. The number of halogens is 1. The highest BCUT2D eigenvalue weighted by Crippen LogP contribution is 2.28. The van der Waals surface area contributed by atoms with Crippen LogP contribution in [-0.2, 0) is 6.42 Å². The smallest absolute Gasteiger partial charge is 0.160 e. The van der Waals surface area contributed by atoms with Crippen molar-refractivity contribution in [1.29, 1.82) is 0 Å². The van der Waals surface area contributed by atoms with Gasteiger partial charge in [0.1, 0.15) is 0 Å². The molecule has 0 aliphatic heterocycles.